The smallest absolute Gasteiger partial charge is 0.256 e. The molecule has 0 aliphatic carbocycles. The monoisotopic (exact) mass is 293 g/mol. The third kappa shape index (κ3) is 3.28. The molecule has 0 aliphatic heterocycles. The Bertz CT molecular complexity index is 608. The van der Waals surface area contributed by atoms with Crippen LogP contribution < -0.4 is 4.74 Å². The Morgan fingerprint density at radius 3 is 2.65 bits per heavy atom. The van der Waals surface area contributed by atoms with Gasteiger partial charge in [-0.05, 0) is 29.2 Å². The molecule has 0 bridgehead atoms. The minimum Gasteiger partial charge on any atom is -0.436 e. The number of benzene rings is 1. The fourth-order valence-corrected chi connectivity index (χ4v) is 1.98. The molecule has 1 aromatic carbocycles. The topological polar surface area (TPSA) is 22.1 Å². The zero-order chi connectivity index (χ0) is 14.8. The van der Waals surface area contributed by atoms with Crippen molar-refractivity contribution in [2.45, 2.75) is 32.1 Å². The van der Waals surface area contributed by atoms with Crippen molar-refractivity contribution in [1.82, 2.24) is 4.98 Å². The predicted molar refractivity (Wildman–Crippen MR) is 79.0 cm³/mol. The van der Waals surface area contributed by atoms with E-state index in [0.717, 1.165) is 5.56 Å². The fraction of sp³-hybridized carbons (Fsp3) is 0.312. The second-order valence-corrected chi connectivity index (χ2v) is 5.87. The summed E-state index contributed by atoms with van der Waals surface area (Å²) in [5.74, 6) is 0.0978. The van der Waals surface area contributed by atoms with Gasteiger partial charge in [0.05, 0.1) is 5.88 Å². The summed E-state index contributed by atoms with van der Waals surface area (Å²) in [6.45, 7) is 6.33. The van der Waals surface area contributed by atoms with Crippen molar-refractivity contribution in [2.24, 2.45) is 0 Å². The van der Waals surface area contributed by atoms with Crippen LogP contribution in [-0.4, -0.2) is 4.98 Å². The third-order valence-corrected chi connectivity index (χ3v) is 3.28. The zero-order valence-electron chi connectivity index (χ0n) is 11.8. The lowest BCUT2D eigenvalue weighted by Gasteiger charge is -2.19. The predicted octanol–water partition coefficient (Wildman–Crippen LogP) is 5.05. The number of ether oxygens (including phenoxy) is 1. The van der Waals surface area contributed by atoms with Gasteiger partial charge in [0.25, 0.3) is 5.88 Å². The Morgan fingerprint density at radius 2 is 2.00 bits per heavy atom. The molecular weight excluding hydrogens is 277 g/mol. The van der Waals surface area contributed by atoms with Crippen molar-refractivity contribution in [2.75, 3.05) is 0 Å². The standard InChI is InChI=1S/C16H17ClFNO/c1-16(2,3)12-5-4-6-13(9-12)20-15-14(18)11(10-17)7-8-19-15/h4-9H,10H2,1-3H3. The Kier molecular flexibility index (Phi) is 4.29. The zero-order valence-corrected chi connectivity index (χ0v) is 12.5. The minimum absolute atomic E-state index is 0.00330. The van der Waals surface area contributed by atoms with Crippen LogP contribution in [0.25, 0.3) is 0 Å². The van der Waals surface area contributed by atoms with Crippen LogP contribution in [0.3, 0.4) is 0 Å². The molecule has 1 aromatic heterocycles. The lowest BCUT2D eigenvalue weighted by Crippen LogP contribution is -2.10. The molecule has 0 saturated carbocycles. The highest BCUT2D eigenvalue weighted by molar-refractivity contribution is 6.17. The Balaban J connectivity index is 2.31. The van der Waals surface area contributed by atoms with Gasteiger partial charge in [-0.2, -0.15) is 0 Å². The molecule has 2 aromatic rings. The first kappa shape index (κ1) is 14.8. The summed E-state index contributed by atoms with van der Waals surface area (Å²) in [6, 6.07) is 9.13. The molecule has 1 heterocycles. The van der Waals surface area contributed by atoms with Crippen molar-refractivity contribution in [1.29, 1.82) is 0 Å². The SMILES string of the molecule is CC(C)(C)c1cccc(Oc2nccc(CCl)c2F)c1. The molecule has 0 spiro atoms. The molecule has 2 rings (SSSR count). The van der Waals surface area contributed by atoms with E-state index in [0.29, 0.717) is 11.3 Å². The number of halogens is 2. The highest BCUT2D eigenvalue weighted by Gasteiger charge is 2.15. The third-order valence-electron chi connectivity index (χ3n) is 3.00. The molecule has 106 valence electrons. The molecule has 2 nitrogen and oxygen atoms in total. The minimum atomic E-state index is -0.510. The van der Waals surface area contributed by atoms with E-state index in [1.165, 1.54) is 6.20 Å². The van der Waals surface area contributed by atoms with E-state index >= 15 is 0 Å². The first-order valence-electron chi connectivity index (χ1n) is 6.39. The van der Waals surface area contributed by atoms with Gasteiger partial charge in [-0.25, -0.2) is 9.37 Å². The first-order chi connectivity index (χ1) is 9.41. The van der Waals surface area contributed by atoms with Crippen LogP contribution in [0, 0.1) is 5.82 Å². The molecule has 0 N–H and O–H groups in total. The molecular formula is C16H17ClFNO. The number of alkyl halides is 1. The van der Waals surface area contributed by atoms with Crippen LogP contribution in [0.2, 0.25) is 0 Å². The summed E-state index contributed by atoms with van der Waals surface area (Å²) in [5.41, 5.74) is 1.50. The van der Waals surface area contributed by atoms with Crippen molar-refractivity contribution in [3.05, 3.63) is 53.5 Å². The van der Waals surface area contributed by atoms with Crippen LogP contribution in [0.1, 0.15) is 31.9 Å². The summed E-state index contributed by atoms with van der Waals surface area (Å²) < 4.78 is 19.6. The van der Waals surface area contributed by atoms with Crippen LogP contribution in [-0.2, 0) is 11.3 Å². The van der Waals surface area contributed by atoms with Gasteiger partial charge in [0.2, 0.25) is 0 Å². The number of hydrogen-bond acceptors (Lipinski definition) is 2. The largest absolute Gasteiger partial charge is 0.436 e. The molecule has 0 unspecified atom stereocenters. The molecule has 20 heavy (non-hydrogen) atoms. The van der Waals surface area contributed by atoms with E-state index in [-0.39, 0.29) is 17.2 Å². The Morgan fingerprint density at radius 1 is 1.25 bits per heavy atom. The van der Waals surface area contributed by atoms with Gasteiger partial charge in [-0.3, -0.25) is 0 Å². The second kappa shape index (κ2) is 5.80. The summed E-state index contributed by atoms with van der Waals surface area (Å²) in [5, 5.41) is 0. The number of aromatic nitrogens is 1. The summed E-state index contributed by atoms with van der Waals surface area (Å²) in [7, 11) is 0. The maximum absolute atomic E-state index is 14.0. The molecule has 0 radical (unpaired) electrons. The van der Waals surface area contributed by atoms with Crippen molar-refractivity contribution >= 4 is 11.6 Å². The summed E-state index contributed by atoms with van der Waals surface area (Å²) >= 11 is 5.67. The molecule has 4 heteroatoms. The van der Waals surface area contributed by atoms with E-state index in [9.17, 15) is 4.39 Å². The molecule has 0 fully saturated rings. The van der Waals surface area contributed by atoms with Gasteiger partial charge in [-0.15, -0.1) is 11.6 Å². The number of rotatable bonds is 3. The molecule has 0 aliphatic rings. The quantitative estimate of drug-likeness (QED) is 0.739. The van der Waals surface area contributed by atoms with Crippen LogP contribution in [0.5, 0.6) is 11.6 Å². The average molecular weight is 294 g/mol. The normalized spacial score (nSPS) is 11.4. The second-order valence-electron chi connectivity index (χ2n) is 5.60. The highest BCUT2D eigenvalue weighted by atomic mass is 35.5. The van der Waals surface area contributed by atoms with Crippen molar-refractivity contribution < 1.29 is 9.13 Å². The molecule has 0 saturated heterocycles. The van der Waals surface area contributed by atoms with Crippen LogP contribution in [0.4, 0.5) is 4.39 Å². The number of pyridine rings is 1. The highest BCUT2D eigenvalue weighted by Crippen LogP contribution is 2.29. The number of hydrogen-bond donors (Lipinski definition) is 0. The van der Waals surface area contributed by atoms with Crippen molar-refractivity contribution in [3.63, 3.8) is 0 Å². The lowest BCUT2D eigenvalue weighted by atomic mass is 9.87. The van der Waals surface area contributed by atoms with E-state index in [1.54, 1.807) is 12.1 Å². The van der Waals surface area contributed by atoms with Crippen LogP contribution in [0.15, 0.2) is 36.5 Å². The van der Waals surface area contributed by atoms with Gasteiger partial charge in [-0.1, -0.05) is 32.9 Å². The Hall–Kier alpha value is -1.61. The fourth-order valence-electron chi connectivity index (χ4n) is 1.77. The van der Waals surface area contributed by atoms with Gasteiger partial charge in [0.15, 0.2) is 5.82 Å². The van der Waals surface area contributed by atoms with Gasteiger partial charge in [0, 0.05) is 11.8 Å². The Labute approximate surface area is 123 Å². The number of nitrogens with zero attached hydrogens (tertiary/aromatic N) is 1. The van der Waals surface area contributed by atoms with Crippen LogP contribution >= 0.6 is 11.6 Å². The maximum Gasteiger partial charge on any atom is 0.256 e. The van der Waals surface area contributed by atoms with Gasteiger partial charge < -0.3 is 4.74 Å². The van der Waals surface area contributed by atoms with Gasteiger partial charge in [0.1, 0.15) is 5.75 Å². The molecule has 0 amide bonds. The average Bonchev–Trinajstić information content (AvgIpc) is 2.40. The van der Waals surface area contributed by atoms with E-state index < -0.39 is 5.82 Å². The summed E-state index contributed by atoms with van der Waals surface area (Å²) in [6.07, 6.45) is 1.49. The van der Waals surface area contributed by atoms with Crippen molar-refractivity contribution in [3.8, 4) is 11.6 Å². The van der Waals surface area contributed by atoms with E-state index in [1.807, 2.05) is 18.2 Å². The first-order valence-corrected chi connectivity index (χ1v) is 6.93. The maximum atomic E-state index is 14.0. The van der Waals surface area contributed by atoms with E-state index in [2.05, 4.69) is 25.8 Å². The molecule has 0 atom stereocenters. The lowest BCUT2D eigenvalue weighted by molar-refractivity contribution is 0.418. The summed E-state index contributed by atoms with van der Waals surface area (Å²) in [4.78, 5) is 3.92. The van der Waals surface area contributed by atoms with Gasteiger partial charge >= 0.3 is 0 Å². The van der Waals surface area contributed by atoms with E-state index in [4.69, 9.17) is 16.3 Å².